The maximum atomic E-state index is 11.4. The van der Waals surface area contributed by atoms with E-state index in [0.717, 1.165) is 4.13 Å². The van der Waals surface area contributed by atoms with Crippen LogP contribution in [0.4, 0.5) is 26.3 Å². The van der Waals surface area contributed by atoms with Crippen LogP contribution in [0.15, 0.2) is 0 Å². The Balaban J connectivity index is 0. The van der Waals surface area contributed by atoms with Crippen molar-refractivity contribution in [1.29, 1.82) is 0 Å². The molecule has 0 amide bonds. The van der Waals surface area contributed by atoms with Crippen molar-refractivity contribution in [2.75, 3.05) is 27.2 Å². The summed E-state index contributed by atoms with van der Waals surface area (Å²) in [4.78, 5) is 0. The van der Waals surface area contributed by atoms with Gasteiger partial charge in [-0.2, -0.15) is 26.3 Å². The molecule has 0 atom stereocenters. The fourth-order valence-corrected chi connectivity index (χ4v) is 3.05. The van der Waals surface area contributed by atoms with Gasteiger partial charge in [-0.05, 0) is 19.8 Å². The third kappa shape index (κ3) is 10.5. The normalized spacial score (nSPS) is 13.9. The minimum atomic E-state index is -6.72. The third-order valence-electron chi connectivity index (χ3n) is 3.25. The molecule has 0 aromatic heterocycles. The van der Waals surface area contributed by atoms with E-state index in [2.05, 4.69) is 27.9 Å². The second kappa shape index (κ2) is 10.1. The minimum absolute atomic E-state index is 0.778. The summed E-state index contributed by atoms with van der Waals surface area (Å²) in [6, 6.07) is 0. The minimum Gasteiger partial charge on any atom is -0.421 e. The highest BCUT2D eigenvalue weighted by Crippen LogP contribution is 2.36. The molecular formula is C12H24F6N2O4S2. The number of unbranched alkanes of at least 4 members (excludes halogenated alkanes) is 3. The molecule has 0 aromatic rings. The Morgan fingerprint density at radius 2 is 1.15 bits per heavy atom. The maximum absolute atomic E-state index is 11.4. The second-order valence-corrected chi connectivity index (χ2v) is 9.37. The van der Waals surface area contributed by atoms with Crippen LogP contribution in [0.2, 0.25) is 0 Å². The first-order chi connectivity index (χ1) is 11.3. The van der Waals surface area contributed by atoms with Crippen LogP contribution in [-0.2, 0) is 20.0 Å². The van der Waals surface area contributed by atoms with Gasteiger partial charge in [0, 0.05) is 0 Å². The zero-order chi connectivity index (χ0) is 21.4. The Hall–Kier alpha value is -0.600. The predicted molar refractivity (Wildman–Crippen MR) is 85.0 cm³/mol. The Morgan fingerprint density at radius 1 is 0.769 bits per heavy atom. The van der Waals surface area contributed by atoms with Crippen molar-refractivity contribution in [1.82, 2.24) is 0 Å². The van der Waals surface area contributed by atoms with E-state index in [-0.39, 0.29) is 0 Å². The summed E-state index contributed by atoms with van der Waals surface area (Å²) in [5.74, 6) is 0. The largest absolute Gasteiger partial charge is 0.480 e. The molecule has 160 valence electrons. The first-order valence-electron chi connectivity index (χ1n) is 7.52. The molecule has 14 heteroatoms. The van der Waals surface area contributed by atoms with Gasteiger partial charge in [-0.3, -0.25) is 0 Å². The molecule has 0 fully saturated rings. The summed E-state index contributed by atoms with van der Waals surface area (Å²) < 4.78 is 110. The second-order valence-electron chi connectivity index (χ2n) is 5.95. The molecule has 0 aliphatic rings. The zero-order valence-corrected chi connectivity index (χ0v) is 16.5. The highest BCUT2D eigenvalue weighted by Gasteiger charge is 2.46. The molecule has 0 radical (unpaired) electrons. The zero-order valence-electron chi connectivity index (χ0n) is 14.9. The monoisotopic (exact) mass is 438 g/mol. The summed E-state index contributed by atoms with van der Waals surface area (Å²) in [6.07, 6.45) is 5.57. The molecule has 0 saturated heterocycles. The topological polar surface area (TPSA) is 82.4 Å². The Bertz CT molecular complexity index is 571. The van der Waals surface area contributed by atoms with Gasteiger partial charge < -0.3 is 8.61 Å². The average molecular weight is 438 g/mol. The molecule has 0 aliphatic heterocycles. The van der Waals surface area contributed by atoms with Gasteiger partial charge in [0.05, 0.1) is 27.2 Å². The number of halogens is 6. The number of sulfonamides is 2. The van der Waals surface area contributed by atoms with Crippen molar-refractivity contribution >= 4 is 20.0 Å². The molecule has 0 unspecified atom stereocenters. The van der Waals surface area contributed by atoms with Gasteiger partial charge in [-0.1, -0.05) is 19.8 Å². The molecule has 0 N–H and O–H groups in total. The van der Waals surface area contributed by atoms with Crippen LogP contribution < -0.4 is 0 Å². The summed E-state index contributed by atoms with van der Waals surface area (Å²) in [5, 5.41) is 0. The van der Waals surface area contributed by atoms with Crippen LogP contribution >= 0.6 is 0 Å². The first kappa shape index (κ1) is 27.6. The van der Waals surface area contributed by atoms with Crippen LogP contribution in [0.5, 0.6) is 0 Å². The van der Waals surface area contributed by atoms with Gasteiger partial charge in [0.2, 0.25) is 0 Å². The molecular weight excluding hydrogens is 414 g/mol. The van der Waals surface area contributed by atoms with Crippen molar-refractivity contribution < 1.29 is 47.7 Å². The Morgan fingerprint density at radius 3 is 1.42 bits per heavy atom. The highest BCUT2D eigenvalue weighted by atomic mass is 32.3. The van der Waals surface area contributed by atoms with Crippen molar-refractivity contribution in [3.63, 3.8) is 0 Å². The van der Waals surface area contributed by atoms with Crippen molar-refractivity contribution in [3.05, 3.63) is 4.13 Å². The predicted octanol–water partition coefficient (Wildman–Crippen LogP) is 3.72. The van der Waals surface area contributed by atoms with Gasteiger partial charge in [-0.25, -0.2) is 16.8 Å². The van der Waals surface area contributed by atoms with E-state index in [1.807, 2.05) is 0 Å². The summed E-state index contributed by atoms with van der Waals surface area (Å²) >= 11 is 0. The van der Waals surface area contributed by atoms with E-state index in [1.165, 1.54) is 43.3 Å². The van der Waals surface area contributed by atoms with Gasteiger partial charge >= 0.3 is 11.0 Å². The van der Waals surface area contributed by atoms with Crippen LogP contribution in [0.1, 0.15) is 39.5 Å². The van der Waals surface area contributed by atoms with Crippen molar-refractivity contribution in [3.8, 4) is 0 Å². The molecule has 26 heavy (non-hydrogen) atoms. The van der Waals surface area contributed by atoms with E-state index < -0.39 is 31.1 Å². The maximum Gasteiger partial charge on any atom is 0.480 e. The van der Waals surface area contributed by atoms with E-state index in [4.69, 9.17) is 0 Å². The van der Waals surface area contributed by atoms with Crippen molar-refractivity contribution in [2.24, 2.45) is 0 Å². The van der Waals surface area contributed by atoms with Crippen LogP contribution in [0, 0.1) is 0 Å². The fraction of sp³-hybridized carbons (Fsp3) is 1.00. The molecule has 0 aromatic carbocycles. The Kier molecular flexibility index (Phi) is 10.7. The van der Waals surface area contributed by atoms with Gasteiger partial charge in [0.25, 0.3) is 0 Å². The average Bonchev–Trinajstić information content (AvgIpc) is 2.41. The number of hydrogen-bond donors (Lipinski definition) is 0. The van der Waals surface area contributed by atoms with Crippen molar-refractivity contribution in [2.45, 2.75) is 50.5 Å². The summed E-state index contributed by atoms with van der Waals surface area (Å²) in [5.41, 5.74) is -12.4. The first-order valence-corrected chi connectivity index (χ1v) is 10.4. The SMILES string of the molecule is CCCCCC[N+](C)(C)CC.O=S(=O)([N-]S(=O)(=O)C(F)(F)F)C(F)(F)F. The molecule has 0 saturated carbocycles. The van der Waals surface area contributed by atoms with E-state index in [1.54, 1.807) is 0 Å². The molecule has 6 nitrogen and oxygen atoms in total. The lowest BCUT2D eigenvalue weighted by atomic mass is 10.2. The highest BCUT2D eigenvalue weighted by molar-refractivity contribution is 8.13. The van der Waals surface area contributed by atoms with Crippen LogP contribution in [0.25, 0.3) is 4.13 Å². The number of nitrogens with zero attached hydrogens (tertiary/aromatic N) is 2. The lowest BCUT2D eigenvalue weighted by Gasteiger charge is -2.28. The Labute approximate surface area is 150 Å². The summed E-state index contributed by atoms with van der Waals surface area (Å²) in [6.45, 7) is 7.13. The summed E-state index contributed by atoms with van der Waals surface area (Å²) in [7, 11) is -8.82. The fourth-order valence-electron chi connectivity index (χ4n) is 1.34. The van der Waals surface area contributed by atoms with E-state index >= 15 is 0 Å². The number of alkyl halides is 6. The van der Waals surface area contributed by atoms with Gasteiger partial charge in [-0.15, -0.1) is 0 Å². The molecule has 0 bridgehead atoms. The van der Waals surface area contributed by atoms with Gasteiger partial charge in [0.1, 0.15) is 0 Å². The molecule has 0 spiro atoms. The molecule has 0 aliphatic carbocycles. The quantitative estimate of drug-likeness (QED) is 0.329. The van der Waals surface area contributed by atoms with E-state index in [0.29, 0.717) is 0 Å². The van der Waals surface area contributed by atoms with Crippen LogP contribution in [-0.4, -0.2) is 59.5 Å². The number of hydrogen-bond acceptors (Lipinski definition) is 4. The van der Waals surface area contributed by atoms with Crippen LogP contribution in [0.3, 0.4) is 0 Å². The number of rotatable bonds is 8. The lowest BCUT2D eigenvalue weighted by molar-refractivity contribution is -0.888. The molecule has 0 rings (SSSR count). The third-order valence-corrected chi connectivity index (χ3v) is 5.99. The van der Waals surface area contributed by atoms with Gasteiger partial charge in [0.15, 0.2) is 20.0 Å². The van der Waals surface area contributed by atoms with E-state index in [9.17, 15) is 43.2 Å². The lowest BCUT2D eigenvalue weighted by Crippen LogP contribution is -2.39. The molecule has 0 heterocycles. The number of quaternary nitrogens is 1. The smallest absolute Gasteiger partial charge is 0.421 e. The standard InChI is InChI=1S/C10H24N.C2F6NO4S2/c1-5-7-8-9-10-11(3,4)6-2;3-1(4,5)14(10,11)9-15(12,13)2(6,7)8/h5-10H2,1-4H3;/q+1;-1.